The second-order valence-electron chi connectivity index (χ2n) is 5.34. The molecule has 108 valence electrons. The average Bonchev–Trinajstić information content (AvgIpc) is 3.20. The first-order valence-corrected chi connectivity index (χ1v) is 7.13. The van der Waals surface area contributed by atoms with E-state index in [-0.39, 0.29) is 5.92 Å². The molecule has 0 radical (unpaired) electrons. The molecular weight excluding hydrogens is 268 g/mol. The lowest BCUT2D eigenvalue weighted by Gasteiger charge is -2.02. The van der Waals surface area contributed by atoms with Gasteiger partial charge in [-0.15, -0.1) is 0 Å². The standard InChI is InChI=1S/C15H16N4O2/c1-10-16-12-4-2-3-5-13(12)19(10)8-14-17-15(18-21-14)11-6-7-20-9-11/h2-5,11H,6-9H2,1H3/t11-/m0/s1. The molecule has 0 N–H and O–H groups in total. The lowest BCUT2D eigenvalue weighted by Crippen LogP contribution is -2.04. The number of hydrogen-bond donors (Lipinski definition) is 0. The molecule has 6 heteroatoms. The summed E-state index contributed by atoms with van der Waals surface area (Å²) in [5.41, 5.74) is 2.07. The van der Waals surface area contributed by atoms with Crippen molar-refractivity contribution in [1.29, 1.82) is 0 Å². The molecule has 1 atom stereocenters. The highest BCUT2D eigenvalue weighted by molar-refractivity contribution is 5.75. The number of nitrogens with zero attached hydrogens (tertiary/aromatic N) is 4. The Morgan fingerprint density at radius 2 is 2.19 bits per heavy atom. The van der Waals surface area contributed by atoms with Crippen LogP contribution in [0.3, 0.4) is 0 Å². The Hall–Kier alpha value is -2.21. The lowest BCUT2D eigenvalue weighted by atomic mass is 10.1. The first kappa shape index (κ1) is 12.5. The number of fused-ring (bicyclic) bond motifs is 1. The highest BCUT2D eigenvalue weighted by atomic mass is 16.5. The molecule has 0 saturated carbocycles. The topological polar surface area (TPSA) is 66.0 Å². The van der Waals surface area contributed by atoms with Crippen LogP contribution >= 0.6 is 0 Å². The number of imidazole rings is 1. The van der Waals surface area contributed by atoms with Gasteiger partial charge in [0.05, 0.1) is 17.6 Å². The van der Waals surface area contributed by atoms with E-state index in [4.69, 9.17) is 9.26 Å². The summed E-state index contributed by atoms with van der Waals surface area (Å²) in [6.45, 7) is 4.00. The maximum atomic E-state index is 5.39. The fourth-order valence-corrected chi connectivity index (χ4v) is 2.77. The zero-order valence-electron chi connectivity index (χ0n) is 11.8. The monoisotopic (exact) mass is 284 g/mol. The predicted octanol–water partition coefficient (Wildman–Crippen LogP) is 2.28. The highest BCUT2D eigenvalue weighted by Gasteiger charge is 2.23. The van der Waals surface area contributed by atoms with E-state index in [1.165, 1.54) is 0 Å². The Morgan fingerprint density at radius 3 is 3.05 bits per heavy atom. The third-order valence-corrected chi connectivity index (χ3v) is 3.92. The van der Waals surface area contributed by atoms with Crippen molar-refractivity contribution in [2.45, 2.75) is 25.8 Å². The molecule has 0 unspecified atom stereocenters. The summed E-state index contributed by atoms with van der Waals surface area (Å²) in [5, 5.41) is 4.09. The summed E-state index contributed by atoms with van der Waals surface area (Å²) in [4.78, 5) is 9.06. The molecule has 2 aromatic heterocycles. The number of aromatic nitrogens is 4. The van der Waals surface area contributed by atoms with Crippen LogP contribution in [0.2, 0.25) is 0 Å². The minimum absolute atomic E-state index is 0.267. The lowest BCUT2D eigenvalue weighted by molar-refractivity contribution is 0.192. The molecule has 1 aliphatic heterocycles. The molecule has 1 aliphatic rings. The number of rotatable bonds is 3. The van der Waals surface area contributed by atoms with E-state index in [0.29, 0.717) is 19.0 Å². The summed E-state index contributed by atoms with van der Waals surface area (Å²) in [5.74, 6) is 2.58. The number of aryl methyl sites for hydroxylation is 1. The van der Waals surface area contributed by atoms with Crippen molar-refractivity contribution < 1.29 is 9.26 Å². The van der Waals surface area contributed by atoms with Gasteiger partial charge in [-0.2, -0.15) is 4.98 Å². The van der Waals surface area contributed by atoms with Crippen molar-refractivity contribution >= 4 is 11.0 Å². The molecule has 6 nitrogen and oxygen atoms in total. The Labute approximate surface area is 121 Å². The zero-order chi connectivity index (χ0) is 14.2. The fourth-order valence-electron chi connectivity index (χ4n) is 2.77. The molecule has 0 aliphatic carbocycles. The Balaban J connectivity index is 1.64. The third-order valence-electron chi connectivity index (χ3n) is 3.92. The van der Waals surface area contributed by atoms with Gasteiger partial charge in [-0.25, -0.2) is 4.98 Å². The summed E-state index contributed by atoms with van der Waals surface area (Å²) in [6, 6.07) is 8.06. The summed E-state index contributed by atoms with van der Waals surface area (Å²) in [7, 11) is 0. The van der Waals surface area contributed by atoms with Gasteiger partial charge < -0.3 is 13.8 Å². The maximum absolute atomic E-state index is 5.39. The van der Waals surface area contributed by atoms with Gasteiger partial charge in [0.1, 0.15) is 12.4 Å². The fraction of sp³-hybridized carbons (Fsp3) is 0.400. The van der Waals surface area contributed by atoms with Crippen molar-refractivity contribution in [2.24, 2.45) is 0 Å². The van der Waals surface area contributed by atoms with Gasteiger partial charge in [0.15, 0.2) is 5.82 Å². The molecular formula is C15H16N4O2. The van der Waals surface area contributed by atoms with Gasteiger partial charge in [-0.1, -0.05) is 17.3 Å². The van der Waals surface area contributed by atoms with E-state index in [9.17, 15) is 0 Å². The van der Waals surface area contributed by atoms with E-state index in [1.807, 2.05) is 25.1 Å². The van der Waals surface area contributed by atoms with Gasteiger partial charge in [0.2, 0.25) is 5.89 Å². The van der Waals surface area contributed by atoms with Crippen LogP contribution in [0.15, 0.2) is 28.8 Å². The van der Waals surface area contributed by atoms with Crippen LogP contribution in [-0.2, 0) is 11.3 Å². The van der Waals surface area contributed by atoms with Gasteiger partial charge in [-0.3, -0.25) is 0 Å². The van der Waals surface area contributed by atoms with Crippen LogP contribution in [0.5, 0.6) is 0 Å². The van der Waals surface area contributed by atoms with Crippen LogP contribution in [0.1, 0.15) is 29.9 Å². The molecule has 3 aromatic rings. The number of hydrogen-bond acceptors (Lipinski definition) is 5. The second-order valence-corrected chi connectivity index (χ2v) is 5.34. The number of para-hydroxylation sites is 2. The number of benzene rings is 1. The van der Waals surface area contributed by atoms with Gasteiger partial charge in [0, 0.05) is 12.5 Å². The first-order valence-electron chi connectivity index (χ1n) is 7.13. The second kappa shape index (κ2) is 4.96. The Bertz CT molecular complexity index is 771. The van der Waals surface area contributed by atoms with Crippen LogP contribution in [0, 0.1) is 6.92 Å². The summed E-state index contributed by atoms with van der Waals surface area (Å²) in [6.07, 6.45) is 0.964. The predicted molar refractivity (Wildman–Crippen MR) is 76.0 cm³/mol. The molecule has 0 spiro atoms. The molecule has 3 heterocycles. The van der Waals surface area contributed by atoms with Crippen molar-refractivity contribution in [3.8, 4) is 0 Å². The number of ether oxygens (including phenoxy) is 1. The highest BCUT2D eigenvalue weighted by Crippen LogP contribution is 2.23. The van der Waals surface area contributed by atoms with Crippen LogP contribution in [0.4, 0.5) is 0 Å². The van der Waals surface area contributed by atoms with Gasteiger partial charge in [-0.05, 0) is 25.5 Å². The third kappa shape index (κ3) is 2.21. The van der Waals surface area contributed by atoms with E-state index in [1.54, 1.807) is 0 Å². The SMILES string of the molecule is Cc1nc2ccccc2n1Cc1nc([C@H]2CCOC2)no1. The molecule has 1 saturated heterocycles. The molecule has 0 bridgehead atoms. The average molecular weight is 284 g/mol. The van der Waals surface area contributed by atoms with Gasteiger partial charge in [0.25, 0.3) is 0 Å². The minimum atomic E-state index is 0.267. The Kier molecular flexibility index (Phi) is 2.96. The quantitative estimate of drug-likeness (QED) is 0.738. The smallest absolute Gasteiger partial charge is 0.246 e. The van der Waals surface area contributed by atoms with Crippen LogP contribution < -0.4 is 0 Å². The zero-order valence-corrected chi connectivity index (χ0v) is 11.8. The molecule has 1 fully saturated rings. The van der Waals surface area contributed by atoms with E-state index < -0.39 is 0 Å². The summed E-state index contributed by atoms with van der Waals surface area (Å²) < 4.78 is 12.9. The Morgan fingerprint density at radius 1 is 1.29 bits per heavy atom. The van der Waals surface area contributed by atoms with Crippen LogP contribution in [-0.4, -0.2) is 32.9 Å². The minimum Gasteiger partial charge on any atom is -0.381 e. The van der Waals surface area contributed by atoms with Crippen molar-refractivity contribution in [1.82, 2.24) is 19.7 Å². The van der Waals surface area contributed by atoms with Crippen LogP contribution in [0.25, 0.3) is 11.0 Å². The molecule has 0 amide bonds. The first-order chi connectivity index (χ1) is 10.3. The van der Waals surface area contributed by atoms with E-state index in [0.717, 1.165) is 35.7 Å². The van der Waals surface area contributed by atoms with Gasteiger partial charge >= 0.3 is 0 Å². The van der Waals surface area contributed by atoms with E-state index >= 15 is 0 Å². The van der Waals surface area contributed by atoms with Crippen molar-refractivity contribution in [2.75, 3.05) is 13.2 Å². The largest absolute Gasteiger partial charge is 0.381 e. The summed E-state index contributed by atoms with van der Waals surface area (Å²) >= 11 is 0. The molecule has 4 rings (SSSR count). The molecule has 1 aromatic carbocycles. The van der Waals surface area contributed by atoms with Crippen molar-refractivity contribution in [3.63, 3.8) is 0 Å². The maximum Gasteiger partial charge on any atom is 0.246 e. The molecule has 21 heavy (non-hydrogen) atoms. The van der Waals surface area contributed by atoms with Crippen molar-refractivity contribution in [3.05, 3.63) is 41.8 Å². The van der Waals surface area contributed by atoms with E-state index in [2.05, 4.69) is 25.8 Å². The normalized spacial score (nSPS) is 18.6.